The van der Waals surface area contributed by atoms with Crippen LogP contribution in [0.15, 0.2) is 84.1 Å². The number of hydrogen-bond acceptors (Lipinski definition) is 6. The zero-order valence-corrected chi connectivity index (χ0v) is 18.6. The molecule has 0 fully saturated rings. The van der Waals surface area contributed by atoms with E-state index in [1.807, 2.05) is 0 Å². The van der Waals surface area contributed by atoms with Crippen molar-refractivity contribution in [2.24, 2.45) is 0 Å². The lowest BCUT2D eigenvalue weighted by Gasteiger charge is -2.14. The second-order valence-corrected chi connectivity index (χ2v) is 7.50. The molecule has 2 heterocycles. The smallest absolute Gasteiger partial charge is 0.406 e. The summed E-state index contributed by atoms with van der Waals surface area (Å²) in [6.45, 7) is 1.44. The first-order valence-corrected chi connectivity index (χ1v) is 10.4. The van der Waals surface area contributed by atoms with Crippen LogP contribution in [0.1, 0.15) is 12.6 Å². The normalized spacial score (nSPS) is 11.9. The lowest BCUT2D eigenvalue weighted by Crippen LogP contribution is -2.19. The highest BCUT2D eigenvalue weighted by molar-refractivity contribution is 5.98. The van der Waals surface area contributed by atoms with Gasteiger partial charge in [0.1, 0.15) is 11.4 Å². The Morgan fingerprint density at radius 3 is 2.56 bits per heavy atom. The third kappa shape index (κ3) is 5.84. The molecule has 2 N–H and O–H groups in total. The number of allylic oxidation sites excluding steroid dienone is 1. The fourth-order valence-electron chi connectivity index (χ4n) is 3.28. The molecule has 0 spiro atoms. The Balaban J connectivity index is 1.71. The van der Waals surface area contributed by atoms with Crippen LogP contribution in [0, 0.1) is 11.2 Å². The highest BCUT2D eigenvalue weighted by Gasteiger charge is 2.31. The molecule has 4 rings (SSSR count). The van der Waals surface area contributed by atoms with E-state index in [1.54, 1.807) is 24.5 Å². The maximum Gasteiger partial charge on any atom is 0.573 e. The van der Waals surface area contributed by atoms with Gasteiger partial charge in [0.25, 0.3) is 0 Å². The predicted molar refractivity (Wildman–Crippen MR) is 125 cm³/mol. The van der Waals surface area contributed by atoms with Crippen molar-refractivity contribution in [3.05, 3.63) is 101 Å². The maximum atomic E-state index is 14.9. The van der Waals surface area contributed by atoms with Crippen molar-refractivity contribution >= 4 is 17.1 Å². The largest absolute Gasteiger partial charge is 0.573 e. The molecular formula is C24H18F4N6O2. The van der Waals surface area contributed by atoms with E-state index in [-0.39, 0.29) is 28.5 Å². The maximum absolute atomic E-state index is 14.9. The monoisotopic (exact) mass is 498 g/mol. The summed E-state index contributed by atoms with van der Waals surface area (Å²) in [6.07, 6.45) is 0.890. The number of nitrogens with zero attached hydrogens (tertiary/aromatic N) is 4. The summed E-state index contributed by atoms with van der Waals surface area (Å²) in [5.74, 6) is -1.11. The van der Waals surface area contributed by atoms with Gasteiger partial charge in [-0.15, -0.1) is 13.2 Å². The van der Waals surface area contributed by atoms with Crippen molar-refractivity contribution < 1.29 is 22.3 Å². The molecule has 0 saturated carbocycles. The first-order valence-electron chi connectivity index (χ1n) is 10.4. The van der Waals surface area contributed by atoms with Gasteiger partial charge in [0, 0.05) is 48.2 Å². The number of aromatic nitrogens is 4. The van der Waals surface area contributed by atoms with Gasteiger partial charge >= 0.3 is 6.36 Å². The number of ether oxygens (including phenoxy) is 1. The average Bonchev–Trinajstić information content (AvgIpc) is 3.33. The Labute approximate surface area is 201 Å². The van der Waals surface area contributed by atoms with Crippen LogP contribution in [0.3, 0.4) is 0 Å². The Kier molecular flexibility index (Phi) is 6.68. The molecule has 0 atom stereocenters. The average molecular weight is 498 g/mol. The van der Waals surface area contributed by atoms with E-state index in [9.17, 15) is 22.4 Å². The second kappa shape index (κ2) is 9.86. The Morgan fingerprint density at radius 2 is 1.89 bits per heavy atom. The van der Waals surface area contributed by atoms with Gasteiger partial charge in [-0.2, -0.15) is 10.2 Å². The zero-order valence-electron chi connectivity index (χ0n) is 18.6. The minimum Gasteiger partial charge on any atom is -0.406 e. The van der Waals surface area contributed by atoms with E-state index in [2.05, 4.69) is 20.3 Å². The number of benzene rings is 2. The molecule has 0 aliphatic rings. The summed E-state index contributed by atoms with van der Waals surface area (Å²) in [4.78, 5) is 12.7. The van der Waals surface area contributed by atoms with E-state index in [0.717, 1.165) is 16.8 Å². The molecule has 8 nitrogen and oxygen atoms in total. The molecule has 0 aliphatic heterocycles. The molecule has 0 bridgehead atoms. The van der Waals surface area contributed by atoms with Gasteiger partial charge in [0.2, 0.25) is 5.43 Å². The summed E-state index contributed by atoms with van der Waals surface area (Å²) >= 11 is 0. The van der Waals surface area contributed by atoms with Gasteiger partial charge in [0.15, 0.2) is 11.5 Å². The van der Waals surface area contributed by atoms with E-state index >= 15 is 0 Å². The van der Waals surface area contributed by atoms with Crippen LogP contribution in [-0.4, -0.2) is 31.6 Å². The fourth-order valence-corrected chi connectivity index (χ4v) is 3.28. The number of nitrogens with one attached hydrogen (secondary N) is 2. The van der Waals surface area contributed by atoms with Gasteiger partial charge in [-0.05, 0) is 43.3 Å². The summed E-state index contributed by atoms with van der Waals surface area (Å²) in [5, 5.41) is 18.9. The highest BCUT2D eigenvalue weighted by Crippen LogP contribution is 2.26. The standard InChI is InChI=1S/C24H18F4N6O2/c1-15(29)12-20(31-16-4-2-5-18(13-16)36-24(26,27)28)23-22(35)8-11-34(32-23)21-7-6-17(14-19(21)25)33-10-3-9-30-33/h2-14,29,31H,1H3/b20-12-,29-15?. The Hall–Kier alpha value is -4.74. The molecule has 2 aromatic heterocycles. The molecule has 184 valence electrons. The number of alkyl halides is 3. The number of hydrogen-bond donors (Lipinski definition) is 2. The second-order valence-electron chi connectivity index (χ2n) is 7.50. The summed E-state index contributed by atoms with van der Waals surface area (Å²) in [5.41, 5.74) is -0.00475. The molecule has 36 heavy (non-hydrogen) atoms. The molecule has 2 aromatic carbocycles. The quantitative estimate of drug-likeness (QED) is 0.278. The lowest BCUT2D eigenvalue weighted by atomic mass is 10.2. The Morgan fingerprint density at radius 1 is 1.08 bits per heavy atom. The number of rotatable bonds is 7. The van der Waals surface area contributed by atoms with E-state index in [0.29, 0.717) is 5.69 Å². The summed E-state index contributed by atoms with van der Waals surface area (Å²) in [6, 6.07) is 12.2. The molecular weight excluding hydrogens is 480 g/mol. The minimum atomic E-state index is -4.88. The Bertz CT molecular complexity index is 1490. The van der Waals surface area contributed by atoms with Crippen LogP contribution in [0.5, 0.6) is 5.75 Å². The SMILES string of the molecule is CC(=N)/C=C(\Nc1cccc(OC(F)(F)F)c1)c1nn(-c2ccc(-n3cccn3)cc2F)ccc1=O. The molecule has 12 heteroatoms. The first kappa shape index (κ1) is 24.4. The van der Waals surface area contributed by atoms with Crippen LogP contribution in [0.25, 0.3) is 17.1 Å². The van der Waals surface area contributed by atoms with Crippen molar-refractivity contribution in [1.29, 1.82) is 5.41 Å². The van der Waals surface area contributed by atoms with Gasteiger partial charge < -0.3 is 15.5 Å². The lowest BCUT2D eigenvalue weighted by molar-refractivity contribution is -0.274. The van der Waals surface area contributed by atoms with Gasteiger partial charge in [0.05, 0.1) is 11.4 Å². The van der Waals surface area contributed by atoms with Crippen molar-refractivity contribution in [2.75, 3.05) is 5.32 Å². The van der Waals surface area contributed by atoms with Gasteiger partial charge in [-0.3, -0.25) is 4.79 Å². The van der Waals surface area contributed by atoms with Crippen LogP contribution >= 0.6 is 0 Å². The fraction of sp³-hybridized carbons (Fsp3) is 0.0833. The zero-order chi connectivity index (χ0) is 25.9. The summed E-state index contributed by atoms with van der Waals surface area (Å²) in [7, 11) is 0. The predicted octanol–water partition coefficient (Wildman–Crippen LogP) is 4.95. The van der Waals surface area contributed by atoms with Crippen LogP contribution in [-0.2, 0) is 0 Å². The number of halogens is 4. The highest BCUT2D eigenvalue weighted by atomic mass is 19.4. The third-order valence-corrected chi connectivity index (χ3v) is 4.72. The first-order chi connectivity index (χ1) is 17.1. The minimum absolute atomic E-state index is 0.0274. The molecule has 0 unspecified atom stereocenters. The van der Waals surface area contributed by atoms with Crippen LogP contribution < -0.4 is 15.5 Å². The van der Waals surface area contributed by atoms with Crippen molar-refractivity contribution in [1.82, 2.24) is 19.6 Å². The van der Waals surface area contributed by atoms with E-state index in [1.165, 1.54) is 54.2 Å². The van der Waals surface area contributed by atoms with Gasteiger partial charge in [-0.25, -0.2) is 13.8 Å². The molecule has 0 radical (unpaired) electrons. The van der Waals surface area contributed by atoms with E-state index < -0.39 is 23.4 Å². The molecule has 4 aromatic rings. The molecule has 0 aliphatic carbocycles. The number of anilines is 1. The van der Waals surface area contributed by atoms with E-state index in [4.69, 9.17) is 5.41 Å². The third-order valence-electron chi connectivity index (χ3n) is 4.72. The topological polar surface area (TPSA) is 97.8 Å². The van der Waals surface area contributed by atoms with Gasteiger partial charge in [-0.1, -0.05) is 6.07 Å². The summed E-state index contributed by atoms with van der Waals surface area (Å²) < 4.78 is 59.3. The van der Waals surface area contributed by atoms with Crippen molar-refractivity contribution in [2.45, 2.75) is 13.3 Å². The van der Waals surface area contributed by atoms with Crippen LogP contribution in [0.4, 0.5) is 23.2 Å². The van der Waals surface area contributed by atoms with Crippen molar-refractivity contribution in [3.63, 3.8) is 0 Å². The van der Waals surface area contributed by atoms with Crippen molar-refractivity contribution in [3.8, 4) is 17.1 Å². The van der Waals surface area contributed by atoms with Crippen LogP contribution in [0.2, 0.25) is 0 Å². The molecule has 0 amide bonds. The molecule has 0 saturated heterocycles.